The number of nitrogens with two attached hydrogens (primary N) is 1. The largest absolute Gasteiger partial charge is 0.495 e. The molecule has 0 spiro atoms. The lowest BCUT2D eigenvalue weighted by atomic mass is 10.2. The molecule has 3 rings (SSSR count). The summed E-state index contributed by atoms with van der Waals surface area (Å²) in [6, 6.07) is 5.05. The molecule has 0 unspecified atom stereocenters. The van der Waals surface area contributed by atoms with Gasteiger partial charge in [0.15, 0.2) is 0 Å². The molecule has 3 aromatic rings. The fraction of sp³-hybridized carbons (Fsp3) is 0.278. The number of aryl methyl sites for hydroxylation is 3. The van der Waals surface area contributed by atoms with E-state index in [0.29, 0.717) is 39.6 Å². The number of hydrogen-bond donors (Lipinski definition) is 3. The number of carbonyl (C=O) groups is 1. The van der Waals surface area contributed by atoms with Crippen LogP contribution in [0.1, 0.15) is 22.7 Å². The Kier molecular flexibility index (Phi) is 6.45. The maximum atomic E-state index is 12.3. The van der Waals surface area contributed by atoms with Gasteiger partial charge < -0.3 is 20.8 Å². The Labute approximate surface area is 166 Å². The highest BCUT2D eigenvalue weighted by Gasteiger charge is 2.13. The van der Waals surface area contributed by atoms with E-state index in [2.05, 4.69) is 15.3 Å². The van der Waals surface area contributed by atoms with Gasteiger partial charge >= 0.3 is 0 Å². The van der Waals surface area contributed by atoms with E-state index >= 15 is 0 Å². The SMILES string of the molecule is COc1ccc(NC(=O)CCc2nc3sc(C)c(C)c3c(=O)[nH]2)cc1N.Cl. The number of benzene rings is 1. The van der Waals surface area contributed by atoms with E-state index in [4.69, 9.17) is 10.5 Å². The number of carbonyl (C=O) groups excluding carboxylic acids is 1. The maximum Gasteiger partial charge on any atom is 0.259 e. The van der Waals surface area contributed by atoms with Gasteiger partial charge in [-0.05, 0) is 37.6 Å². The van der Waals surface area contributed by atoms with E-state index < -0.39 is 0 Å². The molecule has 0 bridgehead atoms. The zero-order valence-corrected chi connectivity index (χ0v) is 16.8. The lowest BCUT2D eigenvalue weighted by Crippen LogP contribution is -2.16. The molecule has 2 aromatic heterocycles. The highest BCUT2D eigenvalue weighted by atomic mass is 35.5. The standard InChI is InChI=1S/C18H20N4O3S.ClH/c1-9-10(2)26-18-16(9)17(24)21-14(22-18)6-7-15(23)20-11-4-5-13(25-3)12(19)8-11;/h4-5,8H,6-7,19H2,1-3H3,(H,20,23)(H,21,22,24);1H. The van der Waals surface area contributed by atoms with Crippen LogP contribution in [0.25, 0.3) is 10.2 Å². The summed E-state index contributed by atoms with van der Waals surface area (Å²) in [5.74, 6) is 0.878. The summed E-state index contributed by atoms with van der Waals surface area (Å²) in [6.07, 6.45) is 0.544. The fourth-order valence-corrected chi connectivity index (χ4v) is 3.73. The maximum absolute atomic E-state index is 12.3. The molecule has 0 aliphatic heterocycles. The zero-order chi connectivity index (χ0) is 18.8. The van der Waals surface area contributed by atoms with Crippen molar-refractivity contribution in [3.63, 3.8) is 0 Å². The highest BCUT2D eigenvalue weighted by Crippen LogP contribution is 2.26. The molecular formula is C18H21ClN4O3S. The summed E-state index contributed by atoms with van der Waals surface area (Å²) in [7, 11) is 1.53. The highest BCUT2D eigenvalue weighted by molar-refractivity contribution is 7.18. The Bertz CT molecular complexity index is 1040. The third kappa shape index (κ3) is 4.40. The number of aromatic amines is 1. The number of ether oxygens (including phenoxy) is 1. The number of nitrogens with one attached hydrogen (secondary N) is 2. The fourth-order valence-electron chi connectivity index (χ4n) is 2.69. The van der Waals surface area contributed by atoms with Crippen LogP contribution >= 0.6 is 23.7 Å². The van der Waals surface area contributed by atoms with Crippen molar-refractivity contribution in [2.75, 3.05) is 18.2 Å². The van der Waals surface area contributed by atoms with Crippen molar-refractivity contribution in [2.45, 2.75) is 26.7 Å². The van der Waals surface area contributed by atoms with Gasteiger partial charge in [0.1, 0.15) is 16.4 Å². The molecule has 0 atom stereocenters. The van der Waals surface area contributed by atoms with Crippen LogP contribution in [0.15, 0.2) is 23.0 Å². The van der Waals surface area contributed by atoms with E-state index in [9.17, 15) is 9.59 Å². The van der Waals surface area contributed by atoms with E-state index in [1.807, 2.05) is 13.8 Å². The monoisotopic (exact) mass is 408 g/mol. The first-order chi connectivity index (χ1) is 12.4. The number of hydrogen-bond acceptors (Lipinski definition) is 6. The van der Waals surface area contributed by atoms with E-state index in [1.54, 1.807) is 18.2 Å². The number of methoxy groups -OCH3 is 1. The van der Waals surface area contributed by atoms with Crippen LogP contribution in [0.4, 0.5) is 11.4 Å². The number of thiophene rings is 1. The summed E-state index contributed by atoms with van der Waals surface area (Å²) in [5.41, 5.74) is 7.67. The van der Waals surface area contributed by atoms with Gasteiger partial charge in [-0.1, -0.05) is 0 Å². The second-order valence-electron chi connectivity index (χ2n) is 5.98. The van der Waals surface area contributed by atoms with Gasteiger partial charge in [-0.3, -0.25) is 9.59 Å². The molecule has 0 radical (unpaired) electrons. The van der Waals surface area contributed by atoms with Crippen LogP contribution in [0.5, 0.6) is 5.75 Å². The molecule has 1 aromatic carbocycles. The van der Waals surface area contributed by atoms with Crippen LogP contribution < -0.4 is 21.3 Å². The molecule has 2 heterocycles. The van der Waals surface area contributed by atoms with Gasteiger partial charge in [-0.25, -0.2) is 4.98 Å². The molecule has 1 amide bonds. The summed E-state index contributed by atoms with van der Waals surface area (Å²) in [5, 5.41) is 3.41. The van der Waals surface area contributed by atoms with Gasteiger partial charge in [-0.2, -0.15) is 0 Å². The smallest absolute Gasteiger partial charge is 0.259 e. The van der Waals surface area contributed by atoms with Crippen molar-refractivity contribution >= 4 is 51.2 Å². The van der Waals surface area contributed by atoms with Crippen molar-refractivity contribution in [2.24, 2.45) is 0 Å². The van der Waals surface area contributed by atoms with Gasteiger partial charge in [0, 0.05) is 23.4 Å². The average Bonchev–Trinajstić information content (AvgIpc) is 2.88. The van der Waals surface area contributed by atoms with Gasteiger partial charge in [0.05, 0.1) is 18.2 Å². The molecule has 4 N–H and O–H groups in total. The molecule has 27 heavy (non-hydrogen) atoms. The van der Waals surface area contributed by atoms with Crippen molar-refractivity contribution < 1.29 is 9.53 Å². The summed E-state index contributed by atoms with van der Waals surface area (Å²) in [6.45, 7) is 3.88. The van der Waals surface area contributed by atoms with Crippen molar-refractivity contribution in [3.8, 4) is 5.75 Å². The first-order valence-electron chi connectivity index (χ1n) is 8.11. The normalized spacial score (nSPS) is 10.5. The molecule has 0 aliphatic rings. The van der Waals surface area contributed by atoms with Gasteiger partial charge in [0.25, 0.3) is 5.56 Å². The molecule has 0 saturated carbocycles. The molecular weight excluding hydrogens is 388 g/mol. The molecule has 0 fully saturated rings. The first-order valence-corrected chi connectivity index (χ1v) is 8.93. The van der Waals surface area contributed by atoms with Crippen LogP contribution in [-0.4, -0.2) is 23.0 Å². The minimum absolute atomic E-state index is 0. The predicted molar refractivity (Wildman–Crippen MR) is 111 cm³/mol. The Morgan fingerprint density at radius 3 is 2.78 bits per heavy atom. The third-order valence-electron chi connectivity index (χ3n) is 4.19. The van der Waals surface area contributed by atoms with E-state index in [0.717, 1.165) is 10.4 Å². The number of anilines is 2. The number of halogens is 1. The van der Waals surface area contributed by atoms with Gasteiger partial charge in [0.2, 0.25) is 5.91 Å². The molecule has 0 aliphatic carbocycles. The molecule has 0 saturated heterocycles. The van der Waals surface area contributed by atoms with E-state index in [1.165, 1.54) is 18.4 Å². The minimum atomic E-state index is -0.184. The topological polar surface area (TPSA) is 110 Å². The number of rotatable bonds is 5. The molecule has 7 nitrogen and oxygen atoms in total. The number of H-pyrrole nitrogens is 1. The Morgan fingerprint density at radius 2 is 2.11 bits per heavy atom. The second kappa shape index (κ2) is 8.41. The number of nitrogen functional groups attached to an aromatic ring is 1. The predicted octanol–water partition coefficient (Wildman–Crippen LogP) is 3.19. The number of fused-ring (bicyclic) bond motifs is 1. The first kappa shape index (κ1) is 20.7. The number of amides is 1. The lowest BCUT2D eigenvalue weighted by molar-refractivity contribution is -0.116. The Balaban J connectivity index is 0.00000261. The zero-order valence-electron chi connectivity index (χ0n) is 15.2. The van der Waals surface area contributed by atoms with Gasteiger partial charge in [-0.15, -0.1) is 23.7 Å². The molecule has 144 valence electrons. The quantitative estimate of drug-likeness (QED) is 0.561. The summed E-state index contributed by atoms with van der Waals surface area (Å²) < 4.78 is 5.09. The third-order valence-corrected chi connectivity index (χ3v) is 5.29. The minimum Gasteiger partial charge on any atom is -0.495 e. The average molecular weight is 409 g/mol. The van der Waals surface area contributed by atoms with Crippen LogP contribution in [0.3, 0.4) is 0 Å². The number of aromatic nitrogens is 2. The number of nitrogens with zero attached hydrogens (tertiary/aromatic N) is 1. The van der Waals surface area contributed by atoms with Crippen LogP contribution in [0, 0.1) is 13.8 Å². The summed E-state index contributed by atoms with van der Waals surface area (Å²) in [4.78, 5) is 33.4. The lowest BCUT2D eigenvalue weighted by Gasteiger charge is -2.08. The van der Waals surface area contributed by atoms with E-state index in [-0.39, 0.29) is 30.3 Å². The van der Waals surface area contributed by atoms with Crippen LogP contribution in [0.2, 0.25) is 0 Å². The van der Waals surface area contributed by atoms with Crippen molar-refractivity contribution in [3.05, 3.63) is 44.8 Å². The Hall–Kier alpha value is -2.58. The van der Waals surface area contributed by atoms with Crippen LogP contribution in [-0.2, 0) is 11.2 Å². The Morgan fingerprint density at radius 1 is 1.37 bits per heavy atom. The van der Waals surface area contributed by atoms with Crippen molar-refractivity contribution in [1.29, 1.82) is 0 Å². The van der Waals surface area contributed by atoms with Crippen molar-refractivity contribution in [1.82, 2.24) is 9.97 Å². The summed E-state index contributed by atoms with van der Waals surface area (Å²) >= 11 is 1.49. The second-order valence-corrected chi connectivity index (χ2v) is 7.18. The molecule has 9 heteroatoms.